The van der Waals surface area contributed by atoms with Crippen LogP contribution in [0.15, 0.2) is 57.3 Å². The van der Waals surface area contributed by atoms with Gasteiger partial charge in [0.1, 0.15) is 4.70 Å². The van der Waals surface area contributed by atoms with Crippen molar-refractivity contribution in [1.82, 2.24) is 19.2 Å². The van der Waals surface area contributed by atoms with Gasteiger partial charge in [0, 0.05) is 12.7 Å². The lowest BCUT2D eigenvalue weighted by atomic mass is 10.1. The fourth-order valence-electron chi connectivity index (χ4n) is 3.44. The summed E-state index contributed by atoms with van der Waals surface area (Å²) in [6.07, 6.45) is 1.41. The van der Waals surface area contributed by atoms with Gasteiger partial charge in [-0.2, -0.15) is 0 Å². The van der Waals surface area contributed by atoms with Crippen LogP contribution in [0.3, 0.4) is 0 Å². The molecule has 0 spiro atoms. The number of ether oxygens (including phenoxy) is 1. The van der Waals surface area contributed by atoms with Crippen LogP contribution in [0.25, 0.3) is 16.0 Å². The molecule has 0 saturated heterocycles. The molecule has 1 N–H and O–H groups in total. The zero-order valence-electron chi connectivity index (χ0n) is 17.6. The zero-order chi connectivity index (χ0) is 23.1. The Kier molecular flexibility index (Phi) is 5.02. The number of carbonyl (C=O) groups excluding carboxylic acids is 2. The topological polar surface area (TPSA) is 121 Å². The van der Waals surface area contributed by atoms with Crippen LogP contribution in [0.2, 0.25) is 0 Å². The van der Waals surface area contributed by atoms with Crippen LogP contribution in [0, 0.1) is 6.92 Å². The maximum atomic E-state index is 12.7. The number of fused-ring (bicyclic) bond motifs is 3. The molecule has 4 aromatic heterocycles. The second kappa shape index (κ2) is 8.02. The monoisotopic (exact) mass is 463 g/mol. The number of hydrogen-bond donors (Lipinski definition) is 1. The first-order chi connectivity index (χ1) is 15.9. The summed E-state index contributed by atoms with van der Waals surface area (Å²) in [6.45, 7) is 1.66. The van der Waals surface area contributed by atoms with E-state index in [0.29, 0.717) is 27.5 Å². The van der Waals surface area contributed by atoms with Crippen LogP contribution in [0.4, 0.5) is 5.69 Å². The van der Waals surface area contributed by atoms with E-state index in [1.54, 1.807) is 47.8 Å². The molecular weight excluding hydrogens is 446 g/mol. The van der Waals surface area contributed by atoms with E-state index in [2.05, 4.69) is 15.5 Å². The van der Waals surface area contributed by atoms with E-state index in [-0.39, 0.29) is 23.5 Å². The van der Waals surface area contributed by atoms with Gasteiger partial charge in [-0.15, -0.1) is 21.5 Å². The lowest BCUT2D eigenvalue weighted by molar-refractivity contribution is 0.0461. The Morgan fingerprint density at radius 1 is 1.21 bits per heavy atom. The van der Waals surface area contributed by atoms with Crippen molar-refractivity contribution in [2.24, 2.45) is 7.05 Å². The minimum absolute atomic E-state index is 0.148. The normalized spacial score (nSPS) is 11.2. The highest BCUT2D eigenvalue weighted by atomic mass is 32.1. The molecule has 0 fully saturated rings. The van der Waals surface area contributed by atoms with Gasteiger partial charge in [-0.1, -0.05) is 6.07 Å². The second-order valence-electron chi connectivity index (χ2n) is 7.29. The summed E-state index contributed by atoms with van der Waals surface area (Å²) in [4.78, 5) is 37.5. The van der Waals surface area contributed by atoms with E-state index < -0.39 is 11.9 Å². The maximum Gasteiger partial charge on any atom is 0.338 e. The average molecular weight is 463 g/mol. The first-order valence-corrected chi connectivity index (χ1v) is 10.7. The Balaban J connectivity index is 1.38. The zero-order valence-corrected chi connectivity index (χ0v) is 18.4. The van der Waals surface area contributed by atoms with E-state index in [0.717, 1.165) is 5.56 Å². The predicted octanol–water partition coefficient (Wildman–Crippen LogP) is 3.15. The molecule has 0 saturated carbocycles. The number of aryl methyl sites for hydroxylation is 2. The minimum atomic E-state index is -0.591. The molecule has 1 aromatic carbocycles. The molecule has 0 aliphatic carbocycles. The van der Waals surface area contributed by atoms with Gasteiger partial charge in [0.25, 0.3) is 11.5 Å². The highest BCUT2D eigenvalue weighted by molar-refractivity contribution is 7.17. The van der Waals surface area contributed by atoms with Crippen LogP contribution < -0.4 is 10.9 Å². The number of carbonyl (C=O) groups is 2. The highest BCUT2D eigenvalue weighted by Gasteiger charge is 2.18. The highest BCUT2D eigenvalue weighted by Crippen LogP contribution is 2.21. The van der Waals surface area contributed by atoms with E-state index in [9.17, 15) is 14.4 Å². The summed E-state index contributed by atoms with van der Waals surface area (Å²) in [5.74, 6) is -0.109. The third-order valence-corrected chi connectivity index (χ3v) is 6.09. The quantitative estimate of drug-likeness (QED) is 0.398. The third kappa shape index (κ3) is 3.57. The molecule has 4 heterocycles. The van der Waals surface area contributed by atoms with Crippen molar-refractivity contribution in [2.45, 2.75) is 13.5 Å². The summed E-state index contributed by atoms with van der Waals surface area (Å²) in [5.41, 5.74) is 2.00. The number of anilines is 1. The largest absolute Gasteiger partial charge is 0.459 e. The van der Waals surface area contributed by atoms with Gasteiger partial charge < -0.3 is 14.5 Å². The number of rotatable bonds is 5. The number of thiophene rings is 1. The number of esters is 1. The van der Waals surface area contributed by atoms with Crippen molar-refractivity contribution in [3.63, 3.8) is 0 Å². The Morgan fingerprint density at radius 3 is 2.85 bits per heavy atom. The lowest BCUT2D eigenvalue weighted by Gasteiger charge is -2.10. The van der Waals surface area contributed by atoms with Crippen molar-refractivity contribution >= 4 is 44.9 Å². The molecular formula is C22H17N5O5S. The molecule has 5 aromatic rings. The van der Waals surface area contributed by atoms with Crippen LogP contribution >= 0.6 is 11.3 Å². The van der Waals surface area contributed by atoms with Crippen LogP contribution in [-0.2, 0) is 18.4 Å². The number of nitrogens with zero attached hydrogens (tertiary/aromatic N) is 4. The van der Waals surface area contributed by atoms with E-state index >= 15 is 0 Å². The minimum Gasteiger partial charge on any atom is -0.459 e. The van der Waals surface area contributed by atoms with Gasteiger partial charge in [-0.25, -0.2) is 4.79 Å². The molecule has 0 unspecified atom stereocenters. The Labute approximate surface area is 190 Å². The Hall–Kier alpha value is -4.25. The lowest BCUT2D eigenvalue weighted by Crippen LogP contribution is -2.19. The number of nitrogens with one attached hydrogen (secondary N) is 1. The van der Waals surface area contributed by atoms with Gasteiger partial charge in [-0.05, 0) is 48.2 Å². The molecule has 0 bridgehead atoms. The molecule has 166 valence electrons. The van der Waals surface area contributed by atoms with Crippen molar-refractivity contribution in [3.8, 4) is 0 Å². The molecule has 0 aliphatic rings. The van der Waals surface area contributed by atoms with Gasteiger partial charge in [0.2, 0.25) is 5.78 Å². The van der Waals surface area contributed by atoms with Crippen molar-refractivity contribution < 1.29 is 18.7 Å². The van der Waals surface area contributed by atoms with Crippen LogP contribution in [0.1, 0.15) is 32.3 Å². The van der Waals surface area contributed by atoms with Gasteiger partial charge in [0.15, 0.2) is 18.2 Å². The molecule has 11 heteroatoms. The number of hydrogen-bond acceptors (Lipinski definition) is 8. The first kappa shape index (κ1) is 20.6. The number of benzene rings is 1. The maximum absolute atomic E-state index is 12.7. The summed E-state index contributed by atoms with van der Waals surface area (Å²) < 4.78 is 14.2. The first-order valence-electron chi connectivity index (χ1n) is 9.87. The van der Waals surface area contributed by atoms with Gasteiger partial charge in [0.05, 0.1) is 17.3 Å². The smallest absolute Gasteiger partial charge is 0.338 e. The van der Waals surface area contributed by atoms with E-state index in [4.69, 9.17) is 9.15 Å². The summed E-state index contributed by atoms with van der Waals surface area (Å²) in [6, 6.07) is 9.84. The summed E-state index contributed by atoms with van der Waals surface area (Å²) >= 11 is 1.32. The Morgan fingerprint density at radius 2 is 2.06 bits per heavy atom. The Bertz CT molecular complexity index is 1580. The van der Waals surface area contributed by atoms with Crippen molar-refractivity contribution in [1.29, 1.82) is 0 Å². The van der Waals surface area contributed by atoms with Crippen LogP contribution in [0.5, 0.6) is 0 Å². The van der Waals surface area contributed by atoms with Gasteiger partial charge in [-0.3, -0.25) is 18.6 Å². The van der Waals surface area contributed by atoms with E-state index in [1.165, 1.54) is 22.2 Å². The van der Waals surface area contributed by atoms with Gasteiger partial charge >= 0.3 is 5.97 Å². The van der Waals surface area contributed by atoms with E-state index in [1.807, 2.05) is 12.3 Å². The molecule has 1 amide bonds. The molecule has 33 heavy (non-hydrogen) atoms. The predicted molar refractivity (Wildman–Crippen MR) is 121 cm³/mol. The van der Waals surface area contributed by atoms with Crippen molar-refractivity contribution in [2.75, 3.05) is 5.32 Å². The SMILES string of the molecule is Cc1ccc(C(=O)OCc2nnc3n(C)c(=O)c4sccc4n23)cc1NC(=O)c1ccco1. The fourth-order valence-corrected chi connectivity index (χ4v) is 4.29. The fraction of sp³-hybridized carbons (Fsp3) is 0.136. The molecule has 0 aliphatic heterocycles. The van der Waals surface area contributed by atoms with Crippen LogP contribution in [-0.4, -0.2) is 31.0 Å². The molecule has 10 nitrogen and oxygen atoms in total. The summed E-state index contributed by atoms with van der Waals surface area (Å²) in [7, 11) is 1.62. The molecule has 5 rings (SSSR count). The van der Waals surface area contributed by atoms with Crippen molar-refractivity contribution in [3.05, 3.63) is 81.1 Å². The number of aromatic nitrogens is 4. The average Bonchev–Trinajstić information content (AvgIpc) is 3.57. The number of amides is 1. The second-order valence-corrected chi connectivity index (χ2v) is 8.20. The summed E-state index contributed by atoms with van der Waals surface area (Å²) in [5, 5.41) is 12.7. The number of furan rings is 1. The molecule has 0 radical (unpaired) electrons. The third-order valence-electron chi connectivity index (χ3n) is 5.20. The standard InChI is InChI=1S/C22H17N5O5S/c1-12-5-6-13(10-14(12)23-19(28)16-4-3-8-31-16)21(30)32-11-17-24-25-22-26(2)20(29)18-15(27(17)22)7-9-33-18/h3-10H,11H2,1-2H3,(H,23,28). The molecule has 0 atom stereocenters.